The van der Waals surface area contributed by atoms with Crippen molar-refractivity contribution in [1.29, 1.82) is 0 Å². The molecule has 5 aromatic rings. The average Bonchev–Trinajstić information content (AvgIpc) is 3.36. The molecule has 0 bridgehead atoms. The molecule has 0 spiro atoms. The number of fused-ring (bicyclic) bond motifs is 2. The Labute approximate surface area is 240 Å². The Kier molecular flexibility index (Phi) is 8.00. The Bertz CT molecular complexity index is 1620. The summed E-state index contributed by atoms with van der Waals surface area (Å²) in [5.41, 5.74) is 7.55. The molecule has 0 radical (unpaired) electrons. The first kappa shape index (κ1) is 26.7. The highest BCUT2D eigenvalue weighted by Gasteiger charge is 2.26. The summed E-state index contributed by atoms with van der Waals surface area (Å²) in [6.07, 6.45) is 6.52. The van der Waals surface area contributed by atoms with Crippen molar-refractivity contribution >= 4 is 17.1 Å². The fraction of sp³-hybridized carbons (Fsp3) is 0.273. The zero-order chi connectivity index (χ0) is 28.0. The lowest BCUT2D eigenvalue weighted by Crippen LogP contribution is -2.29. The highest BCUT2D eigenvalue weighted by Crippen LogP contribution is 2.33. The van der Waals surface area contributed by atoms with E-state index in [0.29, 0.717) is 13.1 Å². The topological polar surface area (TPSA) is 85.2 Å². The number of carbonyl (C=O) groups excluding carboxylic acids is 1. The number of hydrogen-bond acceptors (Lipinski definition) is 6. The number of carbonyl (C=O) groups is 1. The molecule has 0 saturated heterocycles. The van der Waals surface area contributed by atoms with Gasteiger partial charge in [-0.25, -0.2) is 9.78 Å². The summed E-state index contributed by atoms with van der Waals surface area (Å²) in [4.78, 5) is 28.5. The van der Waals surface area contributed by atoms with E-state index < -0.39 is 6.09 Å². The number of ether oxygens (including phenoxy) is 1. The van der Waals surface area contributed by atoms with Gasteiger partial charge >= 0.3 is 6.09 Å². The van der Waals surface area contributed by atoms with Crippen LogP contribution in [0.5, 0.6) is 0 Å². The number of aryl methyl sites for hydroxylation is 1. The van der Waals surface area contributed by atoms with Gasteiger partial charge in [0.15, 0.2) is 0 Å². The van der Waals surface area contributed by atoms with Crippen molar-refractivity contribution in [2.24, 2.45) is 0 Å². The van der Waals surface area contributed by atoms with E-state index in [9.17, 15) is 4.79 Å². The highest BCUT2D eigenvalue weighted by molar-refractivity contribution is 5.76. The third-order valence-corrected chi connectivity index (χ3v) is 7.70. The van der Waals surface area contributed by atoms with Crippen molar-refractivity contribution in [2.45, 2.75) is 51.5 Å². The average molecular weight is 547 g/mol. The van der Waals surface area contributed by atoms with E-state index in [1.165, 1.54) is 17.7 Å². The molecule has 1 amide bonds. The normalized spacial score (nSPS) is 14.6. The van der Waals surface area contributed by atoms with Crippen LogP contribution in [-0.2, 0) is 37.4 Å². The van der Waals surface area contributed by atoms with E-state index in [2.05, 4.69) is 63.2 Å². The van der Waals surface area contributed by atoms with E-state index in [0.717, 1.165) is 53.1 Å². The minimum Gasteiger partial charge on any atom is -0.445 e. The van der Waals surface area contributed by atoms with Crippen molar-refractivity contribution < 1.29 is 9.53 Å². The molecule has 0 aliphatic heterocycles. The molecule has 2 aromatic carbocycles. The maximum Gasteiger partial charge on any atom is 0.407 e. The molecule has 1 aliphatic rings. The summed E-state index contributed by atoms with van der Waals surface area (Å²) in [6, 6.07) is 26.6. The summed E-state index contributed by atoms with van der Waals surface area (Å²) >= 11 is 0. The summed E-state index contributed by atoms with van der Waals surface area (Å²) in [5.74, 6) is 1.04. The van der Waals surface area contributed by atoms with Crippen LogP contribution in [0.15, 0.2) is 91.3 Å². The Morgan fingerprint density at radius 2 is 1.78 bits per heavy atom. The molecule has 1 N–H and O–H groups in total. The lowest BCUT2D eigenvalue weighted by atomic mass is 9.91. The van der Waals surface area contributed by atoms with Gasteiger partial charge in [0, 0.05) is 18.9 Å². The lowest BCUT2D eigenvalue weighted by molar-refractivity contribution is 0.139. The van der Waals surface area contributed by atoms with Gasteiger partial charge in [-0.1, -0.05) is 48.5 Å². The zero-order valence-electron chi connectivity index (χ0n) is 23.2. The summed E-state index contributed by atoms with van der Waals surface area (Å²) < 4.78 is 7.71. The number of aromatic nitrogens is 4. The van der Waals surface area contributed by atoms with Crippen LogP contribution in [0.2, 0.25) is 0 Å². The smallest absolute Gasteiger partial charge is 0.407 e. The number of para-hydroxylation sites is 2. The zero-order valence-corrected chi connectivity index (χ0v) is 23.2. The van der Waals surface area contributed by atoms with Crippen molar-refractivity contribution in [1.82, 2.24) is 29.7 Å². The van der Waals surface area contributed by atoms with E-state index in [1.54, 1.807) is 6.20 Å². The molecule has 3 aromatic heterocycles. The van der Waals surface area contributed by atoms with Gasteiger partial charge in [-0.15, -0.1) is 0 Å². The molecule has 3 heterocycles. The van der Waals surface area contributed by atoms with Crippen molar-refractivity contribution in [3.8, 4) is 0 Å². The van der Waals surface area contributed by atoms with E-state index in [4.69, 9.17) is 14.7 Å². The van der Waals surface area contributed by atoms with Crippen LogP contribution in [0.3, 0.4) is 0 Å². The van der Waals surface area contributed by atoms with Crippen LogP contribution < -0.4 is 5.32 Å². The molecular weight excluding hydrogens is 512 g/mol. The number of imidazole rings is 1. The predicted molar refractivity (Wildman–Crippen MR) is 158 cm³/mol. The second-order valence-corrected chi connectivity index (χ2v) is 10.5. The van der Waals surface area contributed by atoms with Gasteiger partial charge in [0.2, 0.25) is 0 Å². The van der Waals surface area contributed by atoms with Crippen molar-refractivity contribution in [3.05, 3.63) is 125 Å². The second kappa shape index (κ2) is 12.3. The Morgan fingerprint density at radius 3 is 2.63 bits per heavy atom. The first-order chi connectivity index (χ1) is 20.1. The molecule has 208 valence electrons. The van der Waals surface area contributed by atoms with Crippen LogP contribution in [0, 0.1) is 0 Å². The SMILES string of the molecule is CN(Cc1nc2ccccc2n1Cc1ccc(COC(=O)NCc2ccccn2)cc1)C1CCCc2cccnc21. The molecule has 1 unspecified atom stereocenters. The molecule has 8 heteroatoms. The summed E-state index contributed by atoms with van der Waals surface area (Å²) in [5, 5.41) is 2.74. The monoisotopic (exact) mass is 546 g/mol. The van der Waals surface area contributed by atoms with Gasteiger partial charge in [-0.05, 0) is 73.3 Å². The number of amides is 1. The van der Waals surface area contributed by atoms with Gasteiger partial charge in [0.1, 0.15) is 12.4 Å². The van der Waals surface area contributed by atoms with E-state index >= 15 is 0 Å². The van der Waals surface area contributed by atoms with Crippen LogP contribution in [0.1, 0.15) is 52.8 Å². The van der Waals surface area contributed by atoms with Gasteiger partial charge < -0.3 is 14.6 Å². The lowest BCUT2D eigenvalue weighted by Gasteiger charge is -2.32. The Balaban J connectivity index is 1.12. The van der Waals surface area contributed by atoms with Gasteiger partial charge in [0.05, 0.1) is 41.6 Å². The van der Waals surface area contributed by atoms with E-state index in [-0.39, 0.29) is 12.6 Å². The van der Waals surface area contributed by atoms with Crippen molar-refractivity contribution in [2.75, 3.05) is 7.05 Å². The quantitative estimate of drug-likeness (QED) is 0.251. The molecular formula is C33H34N6O2. The summed E-state index contributed by atoms with van der Waals surface area (Å²) in [7, 11) is 2.18. The fourth-order valence-corrected chi connectivity index (χ4v) is 5.56. The van der Waals surface area contributed by atoms with E-state index in [1.807, 2.05) is 48.7 Å². The molecule has 8 nitrogen and oxygen atoms in total. The molecule has 0 fully saturated rings. The molecule has 0 saturated carbocycles. The predicted octanol–water partition coefficient (Wildman–Crippen LogP) is 5.81. The second-order valence-electron chi connectivity index (χ2n) is 10.5. The molecule has 41 heavy (non-hydrogen) atoms. The number of rotatable bonds is 9. The van der Waals surface area contributed by atoms with Crippen LogP contribution in [-0.4, -0.2) is 37.6 Å². The standard InChI is InChI=1S/C33H34N6O2/c1-38(30-13-6-8-26-9-7-19-35-32(26)30)22-31-37-28-11-2-3-12-29(28)39(31)21-24-14-16-25(17-15-24)23-41-33(40)36-20-27-10-4-5-18-34-27/h2-5,7,9-12,14-19,30H,6,8,13,20-23H2,1H3,(H,36,40). The van der Waals surface area contributed by atoms with Gasteiger partial charge in [-0.3, -0.25) is 14.9 Å². The third-order valence-electron chi connectivity index (χ3n) is 7.70. The number of pyridine rings is 2. The number of nitrogens with one attached hydrogen (secondary N) is 1. The maximum absolute atomic E-state index is 12.1. The maximum atomic E-state index is 12.1. The van der Waals surface area contributed by atoms with Crippen LogP contribution >= 0.6 is 0 Å². The van der Waals surface area contributed by atoms with Crippen LogP contribution in [0.25, 0.3) is 11.0 Å². The van der Waals surface area contributed by atoms with Crippen LogP contribution in [0.4, 0.5) is 4.79 Å². The van der Waals surface area contributed by atoms with Crippen molar-refractivity contribution in [3.63, 3.8) is 0 Å². The number of benzene rings is 2. The Morgan fingerprint density at radius 1 is 0.976 bits per heavy atom. The molecule has 1 aliphatic carbocycles. The number of hydrogen-bond donors (Lipinski definition) is 1. The molecule has 1 atom stereocenters. The third kappa shape index (κ3) is 6.28. The first-order valence-electron chi connectivity index (χ1n) is 14.1. The number of alkyl carbamates (subject to hydrolysis) is 1. The largest absolute Gasteiger partial charge is 0.445 e. The summed E-state index contributed by atoms with van der Waals surface area (Å²) in [6.45, 7) is 1.97. The van der Waals surface area contributed by atoms with Gasteiger partial charge in [0.25, 0.3) is 0 Å². The molecule has 6 rings (SSSR count). The number of nitrogens with zero attached hydrogens (tertiary/aromatic N) is 5. The van der Waals surface area contributed by atoms with Gasteiger partial charge in [-0.2, -0.15) is 0 Å². The minimum atomic E-state index is -0.464. The minimum absolute atomic E-state index is 0.204. The first-order valence-corrected chi connectivity index (χ1v) is 14.1. The Hall–Kier alpha value is -4.56. The fourth-order valence-electron chi connectivity index (χ4n) is 5.56. The highest BCUT2D eigenvalue weighted by atomic mass is 16.5.